The summed E-state index contributed by atoms with van der Waals surface area (Å²) in [6.45, 7) is 23.5. The van der Waals surface area contributed by atoms with E-state index in [0.717, 1.165) is 0 Å². The van der Waals surface area contributed by atoms with Crippen LogP contribution in [0.15, 0.2) is 0 Å². The molecule has 0 saturated carbocycles. The smallest absolute Gasteiger partial charge is 0.249 e. The van der Waals surface area contributed by atoms with Gasteiger partial charge in [-0.1, -0.05) is 54.7 Å². The molecule has 2 amide bonds. The summed E-state index contributed by atoms with van der Waals surface area (Å²) in [5, 5.41) is 6.14. The van der Waals surface area contributed by atoms with E-state index in [2.05, 4.69) is 10.6 Å². The van der Waals surface area contributed by atoms with Gasteiger partial charge in [-0.05, 0) is 54.4 Å². The van der Waals surface area contributed by atoms with Crippen molar-refractivity contribution < 1.29 is 19.2 Å². The van der Waals surface area contributed by atoms with Crippen LogP contribution in [0.5, 0.6) is 0 Å². The van der Waals surface area contributed by atoms with Crippen LogP contribution < -0.4 is 10.6 Å². The van der Waals surface area contributed by atoms with Gasteiger partial charge in [0.15, 0.2) is 5.81 Å². The highest BCUT2D eigenvalue weighted by Gasteiger charge is 2.40. The monoisotopic (exact) mass is 450 g/mol. The highest BCUT2D eigenvalue weighted by molar-refractivity contribution is 6.89. The van der Waals surface area contributed by atoms with Crippen LogP contribution in [-0.2, 0) is 14.4 Å². The van der Waals surface area contributed by atoms with Crippen LogP contribution >= 0.6 is 0 Å². The zero-order valence-corrected chi connectivity index (χ0v) is 22.8. The maximum absolute atomic E-state index is 13.1. The van der Waals surface area contributed by atoms with E-state index in [1.807, 2.05) is 76.1 Å². The number of nitrogens with one attached hydrogen (secondary N) is 2. The maximum Gasteiger partial charge on any atom is 0.249 e. The van der Waals surface area contributed by atoms with Crippen molar-refractivity contribution in [3.05, 3.63) is 0 Å². The molecule has 0 radical (unpaired) electrons. The van der Waals surface area contributed by atoms with Crippen molar-refractivity contribution in [3.8, 4) is 0 Å². The van der Waals surface area contributed by atoms with Gasteiger partial charge in [-0.15, -0.1) is 0 Å². The first-order valence-corrected chi connectivity index (χ1v) is 11.6. The number of carbonyl (C=O) groups excluding carboxylic acids is 4. The molecule has 0 aromatic carbocycles. The van der Waals surface area contributed by atoms with Crippen LogP contribution in [0.2, 0.25) is 13.1 Å². The fourth-order valence-corrected chi connectivity index (χ4v) is 4.43. The molecule has 0 aliphatic heterocycles. The lowest BCUT2D eigenvalue weighted by atomic mass is 9.43. The molecule has 6 nitrogen and oxygen atoms in total. The van der Waals surface area contributed by atoms with Gasteiger partial charge in [0.25, 0.3) is 0 Å². The number of rotatable bonds is 12. The summed E-state index contributed by atoms with van der Waals surface area (Å²) in [6, 6.07) is 0. The summed E-state index contributed by atoms with van der Waals surface area (Å²) in [5.74, 6) is -0.105. The standard InChI is InChI=1S/C25H47BN2O4/c1-17(29)21(3,4)14-24(9,10)27-19(31)23(7,8)16-26(13)20(32)28-25(11,12)15-22(5,6)18(2)30/h14-16H2,1-13H3,(H,27,31)(H,28,32). The summed E-state index contributed by atoms with van der Waals surface area (Å²) in [7, 11) is 0. The molecule has 2 N–H and O–H groups in total. The minimum absolute atomic E-state index is 0.0833. The van der Waals surface area contributed by atoms with Gasteiger partial charge in [0.1, 0.15) is 11.6 Å². The van der Waals surface area contributed by atoms with E-state index in [4.69, 9.17) is 0 Å². The Kier molecular flexibility index (Phi) is 9.57. The molecule has 0 spiro atoms. The number of Topliss-reactive ketones (excluding diaryl/α,β-unsaturated/α-hetero) is 2. The number of amides is 2. The van der Waals surface area contributed by atoms with Crippen molar-refractivity contribution in [2.75, 3.05) is 0 Å². The van der Waals surface area contributed by atoms with Crippen LogP contribution in [0.4, 0.5) is 4.79 Å². The predicted molar refractivity (Wildman–Crippen MR) is 133 cm³/mol. The number of carbonyl (C=O) groups is 4. The highest BCUT2D eigenvalue weighted by atomic mass is 16.2. The highest BCUT2D eigenvalue weighted by Crippen LogP contribution is 2.32. The molecule has 0 rings (SSSR count). The molecule has 0 bridgehead atoms. The van der Waals surface area contributed by atoms with Gasteiger partial charge in [-0.3, -0.25) is 19.2 Å². The van der Waals surface area contributed by atoms with Gasteiger partial charge in [0.2, 0.25) is 12.6 Å². The Hall–Kier alpha value is -1.66. The maximum atomic E-state index is 13.1. The average Bonchev–Trinajstić information content (AvgIpc) is 2.50. The minimum Gasteiger partial charge on any atom is -0.360 e. The molecule has 0 saturated heterocycles. The Morgan fingerprint density at radius 3 is 1.31 bits per heavy atom. The first-order valence-electron chi connectivity index (χ1n) is 11.6. The van der Waals surface area contributed by atoms with E-state index < -0.39 is 27.3 Å². The molecule has 32 heavy (non-hydrogen) atoms. The van der Waals surface area contributed by atoms with Crippen molar-refractivity contribution in [3.63, 3.8) is 0 Å². The molecule has 184 valence electrons. The van der Waals surface area contributed by atoms with Crippen LogP contribution in [0.3, 0.4) is 0 Å². The Labute approximate surface area is 196 Å². The quantitative estimate of drug-likeness (QED) is 0.404. The third-order valence-electron chi connectivity index (χ3n) is 6.47. The minimum atomic E-state index is -0.767. The molecule has 0 atom stereocenters. The molecule has 0 unspecified atom stereocenters. The predicted octanol–water partition coefficient (Wildman–Crippen LogP) is 5.11. The van der Waals surface area contributed by atoms with Crippen molar-refractivity contribution in [2.24, 2.45) is 16.2 Å². The summed E-state index contributed by atoms with van der Waals surface area (Å²) in [4.78, 5) is 49.8. The Morgan fingerprint density at radius 1 is 0.625 bits per heavy atom. The van der Waals surface area contributed by atoms with E-state index in [-0.39, 0.29) is 30.0 Å². The Morgan fingerprint density at radius 2 is 0.969 bits per heavy atom. The molecular weight excluding hydrogens is 403 g/mol. The van der Waals surface area contributed by atoms with Crippen LogP contribution in [-0.4, -0.2) is 41.1 Å². The fraction of sp³-hybridized carbons (Fsp3) is 0.840. The summed E-state index contributed by atoms with van der Waals surface area (Å²) in [5.41, 5.74) is -2.94. The van der Waals surface area contributed by atoms with Gasteiger partial charge < -0.3 is 10.6 Å². The van der Waals surface area contributed by atoms with Gasteiger partial charge in [0, 0.05) is 27.3 Å². The molecule has 0 aliphatic rings. The number of hydrogen-bond acceptors (Lipinski definition) is 4. The lowest BCUT2D eigenvalue weighted by Gasteiger charge is -2.37. The van der Waals surface area contributed by atoms with Crippen LogP contribution in [0, 0.1) is 16.2 Å². The number of hydrogen-bond donors (Lipinski definition) is 2. The average molecular weight is 450 g/mol. The lowest BCUT2D eigenvalue weighted by Crippen LogP contribution is -2.54. The fourth-order valence-electron chi connectivity index (χ4n) is 4.43. The molecule has 7 heteroatoms. The van der Waals surface area contributed by atoms with Gasteiger partial charge in [-0.2, -0.15) is 0 Å². The summed E-state index contributed by atoms with van der Waals surface area (Å²) >= 11 is 0. The summed E-state index contributed by atoms with van der Waals surface area (Å²) in [6.07, 6.45) is 1.42. The van der Waals surface area contributed by atoms with Crippen molar-refractivity contribution in [1.29, 1.82) is 0 Å². The Bertz CT molecular complexity index is 736. The van der Waals surface area contributed by atoms with Crippen LogP contribution in [0.1, 0.15) is 95.9 Å². The van der Waals surface area contributed by atoms with Crippen molar-refractivity contribution in [2.45, 2.75) is 120 Å². The van der Waals surface area contributed by atoms with Gasteiger partial charge >= 0.3 is 0 Å². The van der Waals surface area contributed by atoms with E-state index in [0.29, 0.717) is 19.2 Å². The first-order chi connectivity index (χ1) is 13.9. The second-order valence-electron chi connectivity index (χ2n) is 12.9. The molecule has 0 aromatic rings. The van der Waals surface area contributed by atoms with Crippen LogP contribution in [0.25, 0.3) is 0 Å². The third kappa shape index (κ3) is 9.46. The lowest BCUT2D eigenvalue weighted by molar-refractivity contribution is -0.132. The van der Waals surface area contributed by atoms with Gasteiger partial charge in [0.05, 0.1) is 0 Å². The van der Waals surface area contributed by atoms with E-state index in [9.17, 15) is 19.2 Å². The zero-order valence-electron chi connectivity index (χ0n) is 22.8. The zero-order chi connectivity index (χ0) is 25.9. The SMILES string of the molecule is CB(CC(C)(C)C(=O)NC(C)(C)CC(C)(C)C(C)=O)C(=O)NC(C)(C)CC(C)(C)C(C)=O. The molecule has 0 fully saturated rings. The largest absolute Gasteiger partial charge is 0.360 e. The van der Waals surface area contributed by atoms with E-state index >= 15 is 0 Å². The summed E-state index contributed by atoms with van der Waals surface area (Å²) < 4.78 is 0. The molecule has 0 aliphatic carbocycles. The third-order valence-corrected chi connectivity index (χ3v) is 6.47. The molecule has 0 aromatic heterocycles. The molecular formula is C25H47BN2O4. The van der Waals surface area contributed by atoms with Crippen molar-refractivity contribution >= 4 is 30.0 Å². The van der Waals surface area contributed by atoms with Crippen molar-refractivity contribution in [1.82, 2.24) is 10.6 Å². The first kappa shape index (κ1) is 30.3. The second kappa shape index (κ2) is 10.1. The number of ketones is 2. The topological polar surface area (TPSA) is 92.3 Å². The van der Waals surface area contributed by atoms with E-state index in [1.165, 1.54) is 0 Å². The Balaban J connectivity index is 5.17. The van der Waals surface area contributed by atoms with Gasteiger partial charge in [-0.25, -0.2) is 0 Å². The normalized spacial score (nSPS) is 13.4. The molecule has 0 heterocycles. The van der Waals surface area contributed by atoms with E-state index in [1.54, 1.807) is 13.8 Å². The second-order valence-corrected chi connectivity index (χ2v) is 12.9.